The van der Waals surface area contributed by atoms with Gasteiger partial charge in [0.25, 0.3) is 0 Å². The lowest BCUT2D eigenvalue weighted by atomic mass is 10.1. The zero-order valence-corrected chi connectivity index (χ0v) is 21.0. The summed E-state index contributed by atoms with van der Waals surface area (Å²) in [4.78, 5) is 25.5. The molecule has 0 saturated carbocycles. The van der Waals surface area contributed by atoms with Crippen LogP contribution in [0, 0.1) is 0 Å². The Morgan fingerprint density at radius 3 is 1.09 bits per heavy atom. The Morgan fingerprint density at radius 2 is 0.853 bits per heavy atom. The normalized spacial score (nSPS) is 11.9. The van der Waals surface area contributed by atoms with E-state index in [1.165, 1.54) is 24.3 Å². The molecule has 0 N–H and O–H groups in total. The van der Waals surface area contributed by atoms with Gasteiger partial charge in [-0.3, -0.25) is 0 Å². The zero-order chi connectivity index (χ0) is 25.5. The minimum Gasteiger partial charge on any atom is -0.402 e. The zero-order valence-electron chi connectivity index (χ0n) is 21.0. The van der Waals surface area contributed by atoms with Gasteiger partial charge < -0.3 is 37.9 Å². The molecule has 194 valence electrons. The lowest BCUT2D eigenvalue weighted by molar-refractivity contribution is -0.369. The number of hydrogen-bond donors (Lipinski definition) is 0. The molecule has 0 radical (unpaired) electrons. The van der Waals surface area contributed by atoms with Crippen molar-refractivity contribution in [2.45, 2.75) is 53.5 Å². The molecule has 0 spiro atoms. The second-order valence-electron chi connectivity index (χ2n) is 6.73. The molecule has 0 bridgehead atoms. The van der Waals surface area contributed by atoms with Crippen LogP contribution in [0.5, 0.6) is 0 Å². The third-order valence-electron chi connectivity index (χ3n) is 4.28. The van der Waals surface area contributed by atoms with Crippen LogP contribution in [0.4, 0.5) is 0 Å². The molecule has 0 fully saturated rings. The maximum atomic E-state index is 12.8. The van der Waals surface area contributed by atoms with E-state index in [0.717, 1.165) is 0 Å². The monoisotopic (exact) mass is 486 g/mol. The van der Waals surface area contributed by atoms with Gasteiger partial charge in [0.05, 0.1) is 37.6 Å². The second kappa shape index (κ2) is 15.8. The number of esters is 2. The number of ether oxygens (including phenoxy) is 8. The Balaban J connectivity index is 3.00. The van der Waals surface area contributed by atoms with Crippen LogP contribution in [0.25, 0.3) is 0 Å². The standard InChI is InChI=1S/C24H38O10/c1-7-27-17-23(29-9-3,30-10-4)33-21(25)19-13-15-20(16-14-19)22(26)34-24(31-11-5,32-12-6)18-28-8-2/h13-16H,7-12,17-18H2,1-6H3. The lowest BCUT2D eigenvalue weighted by Gasteiger charge is -2.31. The molecule has 0 atom stereocenters. The number of rotatable bonds is 18. The Morgan fingerprint density at radius 1 is 0.559 bits per heavy atom. The van der Waals surface area contributed by atoms with Gasteiger partial charge in [0.15, 0.2) is 0 Å². The fraction of sp³-hybridized carbons (Fsp3) is 0.667. The predicted octanol–water partition coefficient (Wildman–Crippen LogP) is 3.53. The van der Waals surface area contributed by atoms with Gasteiger partial charge in [-0.1, -0.05) is 0 Å². The Bertz CT molecular complexity index is 646. The first kappa shape index (κ1) is 30.0. The minimum atomic E-state index is -1.66. The van der Waals surface area contributed by atoms with E-state index in [-0.39, 0.29) is 50.8 Å². The molecule has 0 heterocycles. The largest absolute Gasteiger partial charge is 0.402 e. The molecule has 0 amide bonds. The van der Waals surface area contributed by atoms with Crippen LogP contribution in [-0.2, 0) is 37.9 Å². The summed E-state index contributed by atoms with van der Waals surface area (Å²) in [6.45, 7) is 12.2. The van der Waals surface area contributed by atoms with E-state index in [0.29, 0.717) is 13.2 Å². The van der Waals surface area contributed by atoms with E-state index < -0.39 is 23.9 Å². The van der Waals surface area contributed by atoms with Crippen molar-refractivity contribution in [2.24, 2.45) is 0 Å². The second-order valence-corrected chi connectivity index (χ2v) is 6.73. The maximum Gasteiger partial charge on any atom is 0.354 e. The maximum absolute atomic E-state index is 12.8. The molecule has 0 aromatic heterocycles. The average molecular weight is 487 g/mol. The minimum absolute atomic E-state index is 0.0852. The molecule has 1 aromatic rings. The van der Waals surface area contributed by atoms with Gasteiger partial charge in [0.2, 0.25) is 0 Å². The van der Waals surface area contributed by atoms with Crippen LogP contribution in [0.2, 0.25) is 0 Å². The highest BCUT2D eigenvalue weighted by Gasteiger charge is 2.39. The van der Waals surface area contributed by atoms with Gasteiger partial charge >= 0.3 is 23.9 Å². The van der Waals surface area contributed by atoms with Crippen molar-refractivity contribution in [3.63, 3.8) is 0 Å². The van der Waals surface area contributed by atoms with Crippen molar-refractivity contribution in [3.05, 3.63) is 35.4 Å². The average Bonchev–Trinajstić information content (AvgIpc) is 2.82. The quantitative estimate of drug-likeness (QED) is 0.226. The number of carbonyl (C=O) groups is 2. The number of hydrogen-bond acceptors (Lipinski definition) is 10. The van der Waals surface area contributed by atoms with E-state index in [2.05, 4.69) is 0 Å². The van der Waals surface area contributed by atoms with Crippen LogP contribution in [0.15, 0.2) is 24.3 Å². The number of carbonyl (C=O) groups excluding carboxylic acids is 2. The first-order valence-corrected chi connectivity index (χ1v) is 11.6. The van der Waals surface area contributed by atoms with Crippen LogP contribution >= 0.6 is 0 Å². The third kappa shape index (κ3) is 9.28. The first-order valence-electron chi connectivity index (χ1n) is 11.6. The van der Waals surface area contributed by atoms with Crippen molar-refractivity contribution >= 4 is 11.9 Å². The molecule has 1 rings (SSSR count). The summed E-state index contributed by atoms with van der Waals surface area (Å²) in [5.74, 6) is -4.73. The van der Waals surface area contributed by atoms with Crippen LogP contribution < -0.4 is 0 Å². The summed E-state index contributed by atoms with van der Waals surface area (Å²) < 4.78 is 44.0. The van der Waals surface area contributed by atoms with Crippen LogP contribution in [0.1, 0.15) is 62.3 Å². The third-order valence-corrected chi connectivity index (χ3v) is 4.28. The van der Waals surface area contributed by atoms with E-state index in [9.17, 15) is 9.59 Å². The molecular formula is C24H38O10. The van der Waals surface area contributed by atoms with Crippen molar-refractivity contribution in [1.82, 2.24) is 0 Å². The highest BCUT2D eigenvalue weighted by Crippen LogP contribution is 2.22. The van der Waals surface area contributed by atoms with Gasteiger partial charge in [0.1, 0.15) is 13.2 Å². The topological polar surface area (TPSA) is 108 Å². The molecule has 0 aliphatic rings. The van der Waals surface area contributed by atoms with E-state index in [1.54, 1.807) is 27.7 Å². The molecule has 1 aromatic carbocycles. The molecule has 0 unspecified atom stereocenters. The fourth-order valence-electron chi connectivity index (χ4n) is 2.90. The van der Waals surface area contributed by atoms with Gasteiger partial charge in [-0.15, -0.1) is 0 Å². The number of benzene rings is 1. The Kier molecular flexibility index (Phi) is 13.9. The summed E-state index contributed by atoms with van der Waals surface area (Å²) in [6, 6.07) is 5.75. The molecule has 0 aliphatic carbocycles. The molecule has 10 heteroatoms. The van der Waals surface area contributed by atoms with E-state index >= 15 is 0 Å². The molecule has 0 aliphatic heterocycles. The molecule has 10 nitrogen and oxygen atoms in total. The summed E-state index contributed by atoms with van der Waals surface area (Å²) in [6.07, 6.45) is 0. The highest BCUT2D eigenvalue weighted by atomic mass is 16.9. The smallest absolute Gasteiger partial charge is 0.354 e. The molecular weight excluding hydrogens is 448 g/mol. The Labute approximate surface area is 201 Å². The SMILES string of the molecule is CCOCC(OCC)(OCC)OC(=O)c1ccc(C(=O)OC(COCC)(OCC)OCC)cc1. The van der Waals surface area contributed by atoms with Gasteiger partial charge in [-0.25, -0.2) is 9.59 Å². The van der Waals surface area contributed by atoms with Gasteiger partial charge in [0, 0.05) is 13.2 Å². The van der Waals surface area contributed by atoms with Crippen molar-refractivity contribution in [2.75, 3.05) is 52.9 Å². The van der Waals surface area contributed by atoms with Gasteiger partial charge in [-0.05, 0) is 65.8 Å². The van der Waals surface area contributed by atoms with Crippen molar-refractivity contribution in [3.8, 4) is 0 Å². The van der Waals surface area contributed by atoms with Crippen LogP contribution in [0.3, 0.4) is 0 Å². The predicted molar refractivity (Wildman–Crippen MR) is 122 cm³/mol. The van der Waals surface area contributed by atoms with Crippen LogP contribution in [-0.4, -0.2) is 76.7 Å². The summed E-state index contributed by atoms with van der Waals surface area (Å²) in [5.41, 5.74) is 0.374. The summed E-state index contributed by atoms with van der Waals surface area (Å²) in [7, 11) is 0. The van der Waals surface area contributed by atoms with Crippen molar-refractivity contribution in [1.29, 1.82) is 0 Å². The fourth-order valence-corrected chi connectivity index (χ4v) is 2.90. The van der Waals surface area contributed by atoms with Crippen molar-refractivity contribution < 1.29 is 47.5 Å². The highest BCUT2D eigenvalue weighted by molar-refractivity contribution is 5.93. The van der Waals surface area contributed by atoms with E-state index in [4.69, 9.17) is 37.9 Å². The summed E-state index contributed by atoms with van der Waals surface area (Å²) >= 11 is 0. The molecule has 0 saturated heterocycles. The van der Waals surface area contributed by atoms with E-state index in [1.807, 2.05) is 13.8 Å². The molecule has 34 heavy (non-hydrogen) atoms. The van der Waals surface area contributed by atoms with Gasteiger partial charge in [-0.2, -0.15) is 0 Å². The lowest BCUT2D eigenvalue weighted by Crippen LogP contribution is -2.46. The Hall–Kier alpha value is -2.08. The first-order chi connectivity index (χ1) is 16.3. The summed E-state index contributed by atoms with van der Waals surface area (Å²) in [5, 5.41) is 0.